The second-order valence-electron chi connectivity index (χ2n) is 4.91. The third-order valence-corrected chi connectivity index (χ3v) is 3.44. The molecule has 0 aliphatic carbocycles. The topological polar surface area (TPSA) is 29.5 Å². The first-order valence-corrected chi connectivity index (χ1v) is 7.10. The van der Waals surface area contributed by atoms with Crippen LogP contribution < -0.4 is 0 Å². The molecule has 1 rings (SSSR count). The van der Waals surface area contributed by atoms with Crippen LogP contribution in [0.3, 0.4) is 0 Å². The molecule has 3 nitrogen and oxygen atoms in total. The summed E-state index contributed by atoms with van der Waals surface area (Å²) in [6.07, 6.45) is 12.5. The minimum Gasteiger partial charge on any atom is -0.367 e. The highest BCUT2D eigenvalue weighted by Crippen LogP contribution is 2.19. The fraction of sp³-hybridized carbons (Fsp3) is 0.800. The molecule has 1 aliphatic rings. The molecule has 0 aromatic rings. The van der Waals surface area contributed by atoms with Gasteiger partial charge in [-0.15, -0.1) is 6.42 Å². The van der Waals surface area contributed by atoms with Crippen molar-refractivity contribution in [2.75, 3.05) is 19.8 Å². The van der Waals surface area contributed by atoms with Gasteiger partial charge in [-0.2, -0.15) is 0 Å². The average molecular weight is 251 g/mol. The molecule has 0 aromatic carbocycles. The van der Waals surface area contributed by atoms with E-state index in [9.17, 15) is 4.79 Å². The van der Waals surface area contributed by atoms with Crippen LogP contribution in [-0.2, 0) is 9.53 Å². The Morgan fingerprint density at radius 3 is 3.00 bits per heavy atom. The second-order valence-corrected chi connectivity index (χ2v) is 4.91. The highest BCUT2D eigenvalue weighted by atomic mass is 16.5. The maximum absolute atomic E-state index is 12.1. The summed E-state index contributed by atoms with van der Waals surface area (Å²) in [5.41, 5.74) is 0. The number of rotatable bonds is 7. The van der Waals surface area contributed by atoms with Crippen molar-refractivity contribution >= 4 is 5.91 Å². The van der Waals surface area contributed by atoms with Crippen LogP contribution in [0, 0.1) is 12.3 Å². The summed E-state index contributed by atoms with van der Waals surface area (Å²) in [6.45, 7) is 3.97. The van der Waals surface area contributed by atoms with Gasteiger partial charge in [-0.05, 0) is 25.7 Å². The zero-order valence-electron chi connectivity index (χ0n) is 11.5. The van der Waals surface area contributed by atoms with Crippen molar-refractivity contribution in [2.24, 2.45) is 0 Å². The molecule has 18 heavy (non-hydrogen) atoms. The van der Waals surface area contributed by atoms with E-state index in [0.717, 1.165) is 38.6 Å². The van der Waals surface area contributed by atoms with Gasteiger partial charge in [0, 0.05) is 13.0 Å². The SMILES string of the molecule is C#CCOCC1CCCCN1C(=O)CCCCC. The van der Waals surface area contributed by atoms with Crippen LogP contribution in [0.4, 0.5) is 0 Å². The van der Waals surface area contributed by atoms with E-state index in [1.807, 2.05) is 4.90 Å². The van der Waals surface area contributed by atoms with Crippen LogP contribution in [-0.4, -0.2) is 36.6 Å². The largest absolute Gasteiger partial charge is 0.367 e. The van der Waals surface area contributed by atoms with Gasteiger partial charge in [0.25, 0.3) is 0 Å². The molecule has 0 spiro atoms. The predicted octanol–water partition coefficient (Wildman–Crippen LogP) is 2.60. The normalized spacial score (nSPS) is 19.6. The van der Waals surface area contributed by atoms with Crippen molar-refractivity contribution in [1.29, 1.82) is 0 Å². The minimum absolute atomic E-state index is 0.237. The molecule has 1 aliphatic heterocycles. The van der Waals surface area contributed by atoms with Gasteiger partial charge >= 0.3 is 0 Å². The maximum atomic E-state index is 12.1. The molecule has 0 radical (unpaired) electrons. The monoisotopic (exact) mass is 251 g/mol. The lowest BCUT2D eigenvalue weighted by atomic mass is 10.0. The van der Waals surface area contributed by atoms with Crippen LogP contribution >= 0.6 is 0 Å². The second kappa shape index (κ2) is 8.99. The molecule has 0 N–H and O–H groups in total. The van der Waals surface area contributed by atoms with E-state index >= 15 is 0 Å². The van der Waals surface area contributed by atoms with E-state index in [-0.39, 0.29) is 11.9 Å². The van der Waals surface area contributed by atoms with Crippen LogP contribution in [0.25, 0.3) is 0 Å². The van der Waals surface area contributed by atoms with E-state index in [1.54, 1.807) is 0 Å². The number of amides is 1. The van der Waals surface area contributed by atoms with Crippen molar-refractivity contribution < 1.29 is 9.53 Å². The first kappa shape index (κ1) is 15.0. The molecule has 0 bridgehead atoms. The van der Waals surface area contributed by atoms with Crippen LogP contribution in [0.5, 0.6) is 0 Å². The third kappa shape index (κ3) is 5.10. The van der Waals surface area contributed by atoms with Crippen molar-refractivity contribution in [2.45, 2.75) is 57.9 Å². The molecule has 102 valence electrons. The fourth-order valence-corrected chi connectivity index (χ4v) is 2.43. The molecule has 1 unspecified atom stereocenters. The van der Waals surface area contributed by atoms with Crippen molar-refractivity contribution in [1.82, 2.24) is 4.90 Å². The van der Waals surface area contributed by atoms with Crippen molar-refractivity contribution in [3.05, 3.63) is 0 Å². The number of likely N-dealkylation sites (tertiary alicyclic amines) is 1. The standard InChI is InChI=1S/C15H25NO2/c1-3-5-6-10-15(17)16-11-8-7-9-14(16)13-18-12-4-2/h2,14H,3,5-13H2,1H3. The lowest BCUT2D eigenvalue weighted by Gasteiger charge is -2.35. The van der Waals surface area contributed by atoms with Gasteiger partial charge in [0.1, 0.15) is 6.61 Å². The number of ether oxygens (including phenoxy) is 1. The van der Waals surface area contributed by atoms with E-state index < -0.39 is 0 Å². The summed E-state index contributed by atoms with van der Waals surface area (Å²) in [5.74, 6) is 2.76. The van der Waals surface area contributed by atoms with Crippen LogP contribution in [0.1, 0.15) is 51.9 Å². The Morgan fingerprint density at radius 2 is 2.28 bits per heavy atom. The van der Waals surface area contributed by atoms with Gasteiger partial charge in [0.05, 0.1) is 12.6 Å². The van der Waals surface area contributed by atoms with Gasteiger partial charge in [-0.1, -0.05) is 25.7 Å². The predicted molar refractivity (Wildman–Crippen MR) is 73.1 cm³/mol. The van der Waals surface area contributed by atoms with Gasteiger partial charge in [0.15, 0.2) is 0 Å². The van der Waals surface area contributed by atoms with E-state index in [4.69, 9.17) is 11.2 Å². The Kier molecular flexibility index (Phi) is 7.52. The van der Waals surface area contributed by atoms with Crippen LogP contribution in [0.2, 0.25) is 0 Å². The van der Waals surface area contributed by atoms with E-state index in [2.05, 4.69) is 12.8 Å². The molecule has 1 fully saturated rings. The number of terminal acetylenes is 1. The first-order valence-electron chi connectivity index (χ1n) is 7.10. The van der Waals surface area contributed by atoms with Gasteiger partial charge < -0.3 is 9.64 Å². The van der Waals surface area contributed by atoms with E-state index in [0.29, 0.717) is 19.6 Å². The zero-order valence-corrected chi connectivity index (χ0v) is 11.5. The maximum Gasteiger partial charge on any atom is 0.222 e. The highest BCUT2D eigenvalue weighted by Gasteiger charge is 2.26. The minimum atomic E-state index is 0.237. The highest BCUT2D eigenvalue weighted by molar-refractivity contribution is 5.76. The van der Waals surface area contributed by atoms with Gasteiger partial charge in [0.2, 0.25) is 5.91 Å². The molecule has 3 heteroatoms. The lowest BCUT2D eigenvalue weighted by Crippen LogP contribution is -2.46. The molecular formula is C15H25NO2. The number of piperidine rings is 1. The van der Waals surface area contributed by atoms with Gasteiger partial charge in [-0.3, -0.25) is 4.79 Å². The summed E-state index contributed by atoms with van der Waals surface area (Å²) >= 11 is 0. The average Bonchev–Trinajstić information content (AvgIpc) is 2.40. The third-order valence-electron chi connectivity index (χ3n) is 3.44. The molecule has 0 saturated carbocycles. The smallest absolute Gasteiger partial charge is 0.222 e. The summed E-state index contributed by atoms with van der Waals surface area (Å²) < 4.78 is 5.40. The summed E-state index contributed by atoms with van der Waals surface area (Å²) in [6, 6.07) is 0.237. The number of hydrogen-bond donors (Lipinski definition) is 0. The summed E-state index contributed by atoms with van der Waals surface area (Å²) in [7, 11) is 0. The Hall–Kier alpha value is -1.01. The zero-order chi connectivity index (χ0) is 13.2. The molecular weight excluding hydrogens is 226 g/mol. The van der Waals surface area contributed by atoms with E-state index in [1.165, 1.54) is 6.42 Å². The van der Waals surface area contributed by atoms with Gasteiger partial charge in [-0.25, -0.2) is 0 Å². The Balaban J connectivity index is 2.38. The Morgan fingerprint density at radius 1 is 1.44 bits per heavy atom. The first-order chi connectivity index (χ1) is 8.79. The number of unbranched alkanes of at least 4 members (excludes halogenated alkanes) is 2. The quantitative estimate of drug-likeness (QED) is 0.514. The number of carbonyl (C=O) groups excluding carboxylic acids is 1. The van der Waals surface area contributed by atoms with Crippen molar-refractivity contribution in [3.63, 3.8) is 0 Å². The summed E-state index contributed by atoms with van der Waals surface area (Å²) in [4.78, 5) is 14.2. The number of hydrogen-bond acceptors (Lipinski definition) is 2. The summed E-state index contributed by atoms with van der Waals surface area (Å²) in [5, 5.41) is 0. The Labute approximate surface area is 111 Å². The molecule has 1 atom stereocenters. The molecule has 0 aromatic heterocycles. The number of carbonyl (C=O) groups is 1. The Bertz CT molecular complexity index is 283. The lowest BCUT2D eigenvalue weighted by molar-refractivity contribution is -0.136. The number of nitrogens with zero attached hydrogens (tertiary/aromatic N) is 1. The van der Waals surface area contributed by atoms with Crippen LogP contribution in [0.15, 0.2) is 0 Å². The molecule has 1 heterocycles. The van der Waals surface area contributed by atoms with Crippen molar-refractivity contribution in [3.8, 4) is 12.3 Å². The fourth-order valence-electron chi connectivity index (χ4n) is 2.43. The molecule has 1 amide bonds. The molecule has 1 saturated heterocycles.